The molecular formula is C14H30N2. The first-order valence-corrected chi connectivity index (χ1v) is 6.93. The lowest BCUT2D eigenvalue weighted by Gasteiger charge is -2.38. The van der Waals surface area contributed by atoms with Gasteiger partial charge in [0, 0.05) is 25.7 Å². The summed E-state index contributed by atoms with van der Waals surface area (Å²) in [6.07, 6.45) is 1.35. The van der Waals surface area contributed by atoms with Crippen LogP contribution in [0.25, 0.3) is 0 Å². The molecule has 1 heterocycles. The van der Waals surface area contributed by atoms with Gasteiger partial charge < -0.3 is 10.2 Å². The Balaban J connectivity index is 2.35. The molecule has 0 radical (unpaired) electrons. The first-order valence-electron chi connectivity index (χ1n) is 6.93. The molecule has 96 valence electrons. The molecule has 0 spiro atoms. The third-order valence-corrected chi connectivity index (χ3v) is 3.17. The zero-order valence-electron chi connectivity index (χ0n) is 11.8. The minimum Gasteiger partial charge on any atom is -0.312 e. The van der Waals surface area contributed by atoms with Gasteiger partial charge in [0.1, 0.15) is 0 Å². The molecule has 0 amide bonds. The quantitative estimate of drug-likeness (QED) is 0.775. The highest BCUT2D eigenvalue weighted by atomic mass is 15.2. The molecular weight excluding hydrogens is 196 g/mol. The van der Waals surface area contributed by atoms with Crippen molar-refractivity contribution in [2.45, 2.75) is 47.1 Å². The van der Waals surface area contributed by atoms with Gasteiger partial charge in [0.05, 0.1) is 0 Å². The van der Waals surface area contributed by atoms with E-state index in [-0.39, 0.29) is 0 Å². The molecule has 1 aliphatic rings. The zero-order chi connectivity index (χ0) is 12.1. The summed E-state index contributed by atoms with van der Waals surface area (Å²) >= 11 is 0. The summed E-state index contributed by atoms with van der Waals surface area (Å²) < 4.78 is 0. The molecule has 2 atom stereocenters. The molecule has 0 aliphatic carbocycles. The van der Waals surface area contributed by atoms with Crippen LogP contribution in [0.15, 0.2) is 0 Å². The van der Waals surface area contributed by atoms with Crippen LogP contribution < -0.4 is 5.32 Å². The van der Waals surface area contributed by atoms with Crippen molar-refractivity contribution in [3.63, 3.8) is 0 Å². The molecule has 0 aromatic heterocycles. The van der Waals surface area contributed by atoms with Gasteiger partial charge >= 0.3 is 0 Å². The molecule has 1 rings (SSSR count). The van der Waals surface area contributed by atoms with Crippen molar-refractivity contribution in [2.75, 3.05) is 26.2 Å². The summed E-state index contributed by atoms with van der Waals surface area (Å²) in [5.41, 5.74) is 0. The molecule has 16 heavy (non-hydrogen) atoms. The molecule has 0 aromatic carbocycles. The second kappa shape index (κ2) is 6.61. The smallest absolute Gasteiger partial charge is 0.0198 e. The first-order chi connectivity index (χ1) is 7.47. The summed E-state index contributed by atoms with van der Waals surface area (Å²) in [5, 5.41) is 3.71. The lowest BCUT2D eigenvalue weighted by atomic mass is 9.95. The van der Waals surface area contributed by atoms with Crippen LogP contribution in [0.3, 0.4) is 0 Å². The molecule has 1 N–H and O–H groups in total. The third kappa shape index (κ3) is 5.31. The Kier molecular flexibility index (Phi) is 5.77. The molecule has 0 saturated carbocycles. The summed E-state index contributed by atoms with van der Waals surface area (Å²) in [4.78, 5) is 2.64. The van der Waals surface area contributed by atoms with Gasteiger partial charge in [-0.15, -0.1) is 0 Å². The topological polar surface area (TPSA) is 15.3 Å². The van der Waals surface area contributed by atoms with Crippen LogP contribution in [-0.2, 0) is 0 Å². The van der Waals surface area contributed by atoms with E-state index in [0.29, 0.717) is 6.04 Å². The summed E-state index contributed by atoms with van der Waals surface area (Å²) in [5.74, 6) is 2.39. The Morgan fingerprint density at radius 1 is 1.12 bits per heavy atom. The molecule has 2 nitrogen and oxygen atoms in total. The number of nitrogens with zero attached hydrogens (tertiary/aromatic N) is 1. The fourth-order valence-electron chi connectivity index (χ4n) is 2.68. The van der Waals surface area contributed by atoms with Gasteiger partial charge in [0.2, 0.25) is 0 Å². The van der Waals surface area contributed by atoms with E-state index in [1.807, 2.05) is 0 Å². The molecule has 1 saturated heterocycles. The molecule has 2 unspecified atom stereocenters. The number of piperidine rings is 1. The van der Waals surface area contributed by atoms with Crippen LogP contribution >= 0.6 is 0 Å². The van der Waals surface area contributed by atoms with Gasteiger partial charge in [-0.3, -0.25) is 0 Å². The molecule has 1 fully saturated rings. The highest BCUT2D eigenvalue weighted by Gasteiger charge is 2.24. The Morgan fingerprint density at radius 2 is 1.81 bits per heavy atom. The number of rotatable bonds is 5. The van der Waals surface area contributed by atoms with Crippen molar-refractivity contribution in [3.05, 3.63) is 0 Å². The standard InChI is InChI=1S/C14H30N2/c1-11(2)7-15-14-6-13(5)9-16(10-14)8-12(3)4/h11-15H,6-10H2,1-5H3. The number of hydrogen-bond acceptors (Lipinski definition) is 2. The van der Waals surface area contributed by atoms with E-state index in [1.165, 1.54) is 26.1 Å². The van der Waals surface area contributed by atoms with E-state index in [0.717, 1.165) is 24.3 Å². The Morgan fingerprint density at radius 3 is 2.38 bits per heavy atom. The van der Waals surface area contributed by atoms with Crippen molar-refractivity contribution in [2.24, 2.45) is 17.8 Å². The summed E-state index contributed by atoms with van der Waals surface area (Å²) in [7, 11) is 0. The maximum absolute atomic E-state index is 3.71. The maximum atomic E-state index is 3.71. The third-order valence-electron chi connectivity index (χ3n) is 3.17. The Hall–Kier alpha value is -0.0800. The molecule has 0 bridgehead atoms. The van der Waals surface area contributed by atoms with Crippen LogP contribution in [0.5, 0.6) is 0 Å². The van der Waals surface area contributed by atoms with Crippen molar-refractivity contribution < 1.29 is 0 Å². The van der Waals surface area contributed by atoms with Gasteiger partial charge in [-0.1, -0.05) is 34.6 Å². The van der Waals surface area contributed by atoms with Gasteiger partial charge in [-0.25, -0.2) is 0 Å². The fourth-order valence-corrected chi connectivity index (χ4v) is 2.68. The van der Waals surface area contributed by atoms with Gasteiger partial charge in [0.15, 0.2) is 0 Å². The average Bonchev–Trinajstić information content (AvgIpc) is 2.12. The van der Waals surface area contributed by atoms with Crippen molar-refractivity contribution >= 4 is 0 Å². The van der Waals surface area contributed by atoms with Crippen molar-refractivity contribution in [1.82, 2.24) is 10.2 Å². The first kappa shape index (κ1) is 14.0. The Bertz CT molecular complexity index is 187. The van der Waals surface area contributed by atoms with Crippen LogP contribution in [-0.4, -0.2) is 37.1 Å². The lowest BCUT2D eigenvalue weighted by molar-refractivity contribution is 0.134. The van der Waals surface area contributed by atoms with E-state index in [4.69, 9.17) is 0 Å². The van der Waals surface area contributed by atoms with E-state index >= 15 is 0 Å². The van der Waals surface area contributed by atoms with E-state index in [1.54, 1.807) is 0 Å². The highest BCUT2D eigenvalue weighted by Crippen LogP contribution is 2.17. The minimum absolute atomic E-state index is 0.713. The predicted molar refractivity (Wildman–Crippen MR) is 71.7 cm³/mol. The molecule has 0 aromatic rings. The van der Waals surface area contributed by atoms with E-state index in [2.05, 4.69) is 44.8 Å². The largest absolute Gasteiger partial charge is 0.312 e. The van der Waals surface area contributed by atoms with Gasteiger partial charge in [-0.05, 0) is 30.7 Å². The number of likely N-dealkylation sites (tertiary alicyclic amines) is 1. The normalized spacial score (nSPS) is 27.9. The van der Waals surface area contributed by atoms with Crippen LogP contribution in [0.1, 0.15) is 41.0 Å². The second-order valence-electron chi connectivity index (χ2n) is 6.45. The van der Waals surface area contributed by atoms with Gasteiger partial charge in [-0.2, -0.15) is 0 Å². The average molecular weight is 226 g/mol. The van der Waals surface area contributed by atoms with Gasteiger partial charge in [0.25, 0.3) is 0 Å². The van der Waals surface area contributed by atoms with Crippen LogP contribution in [0.4, 0.5) is 0 Å². The second-order valence-corrected chi connectivity index (χ2v) is 6.45. The highest BCUT2D eigenvalue weighted by molar-refractivity contribution is 4.82. The summed E-state index contributed by atoms with van der Waals surface area (Å²) in [6, 6.07) is 0.713. The number of hydrogen-bond donors (Lipinski definition) is 1. The molecule has 2 heteroatoms. The Labute approximate surface area is 102 Å². The predicted octanol–water partition coefficient (Wildman–Crippen LogP) is 2.60. The number of nitrogens with one attached hydrogen (secondary N) is 1. The van der Waals surface area contributed by atoms with E-state index < -0.39 is 0 Å². The van der Waals surface area contributed by atoms with Crippen LogP contribution in [0, 0.1) is 17.8 Å². The zero-order valence-corrected chi connectivity index (χ0v) is 11.8. The fraction of sp³-hybridized carbons (Fsp3) is 1.00. The van der Waals surface area contributed by atoms with Crippen molar-refractivity contribution in [1.29, 1.82) is 0 Å². The monoisotopic (exact) mass is 226 g/mol. The summed E-state index contributed by atoms with van der Waals surface area (Å²) in [6.45, 7) is 16.5. The van der Waals surface area contributed by atoms with Crippen LogP contribution in [0.2, 0.25) is 0 Å². The van der Waals surface area contributed by atoms with Crippen molar-refractivity contribution in [3.8, 4) is 0 Å². The SMILES string of the molecule is CC(C)CNC1CC(C)CN(CC(C)C)C1. The lowest BCUT2D eigenvalue weighted by Crippen LogP contribution is -2.50. The minimum atomic E-state index is 0.713. The van der Waals surface area contributed by atoms with E-state index in [9.17, 15) is 0 Å². The molecule has 1 aliphatic heterocycles. The maximum Gasteiger partial charge on any atom is 0.0198 e.